The zero-order valence-corrected chi connectivity index (χ0v) is 16.9. The number of thiocarbonyl (C=S) groups is 1. The molecule has 2 aromatic rings. The molecular weight excluding hydrogens is 358 g/mol. The highest BCUT2D eigenvalue weighted by atomic mass is 32.1. The monoisotopic (exact) mass is 385 g/mol. The van der Waals surface area contributed by atoms with Crippen LogP contribution in [0.2, 0.25) is 0 Å². The van der Waals surface area contributed by atoms with Gasteiger partial charge in [0.2, 0.25) is 0 Å². The molecule has 0 bridgehead atoms. The van der Waals surface area contributed by atoms with E-state index in [1.54, 1.807) is 7.11 Å². The molecule has 5 nitrogen and oxygen atoms in total. The van der Waals surface area contributed by atoms with Crippen LogP contribution in [0.25, 0.3) is 10.8 Å². The maximum Gasteiger partial charge on any atom is 0.273 e. The number of methoxy groups -OCH3 is 1. The summed E-state index contributed by atoms with van der Waals surface area (Å²) in [6.07, 6.45) is 3.56. The number of hydrogen-bond donors (Lipinski definition) is 3. The molecule has 144 valence electrons. The Labute approximate surface area is 165 Å². The number of carbonyl (C=O) groups is 1. The van der Waals surface area contributed by atoms with Crippen LogP contribution in [0.5, 0.6) is 5.75 Å². The highest BCUT2D eigenvalue weighted by Crippen LogP contribution is 2.29. The summed E-state index contributed by atoms with van der Waals surface area (Å²) in [7, 11) is 1.56. The van der Waals surface area contributed by atoms with Gasteiger partial charge in [-0.25, -0.2) is 0 Å². The molecule has 1 amide bonds. The number of hydrogen-bond acceptors (Lipinski definition) is 3. The van der Waals surface area contributed by atoms with Gasteiger partial charge < -0.3 is 10.1 Å². The number of amides is 1. The van der Waals surface area contributed by atoms with Crippen molar-refractivity contribution in [1.29, 1.82) is 0 Å². The first-order valence-corrected chi connectivity index (χ1v) is 9.84. The minimum atomic E-state index is -0.285. The fourth-order valence-corrected chi connectivity index (χ4v) is 3.94. The first-order valence-electron chi connectivity index (χ1n) is 9.43. The van der Waals surface area contributed by atoms with Crippen LogP contribution in [-0.2, 0) is 0 Å². The minimum absolute atomic E-state index is 0.285. The third-order valence-corrected chi connectivity index (χ3v) is 5.85. The molecule has 0 aromatic heterocycles. The Morgan fingerprint density at radius 3 is 2.52 bits per heavy atom. The van der Waals surface area contributed by atoms with Crippen molar-refractivity contribution in [2.45, 2.75) is 39.2 Å². The molecule has 3 rings (SSSR count). The van der Waals surface area contributed by atoms with Gasteiger partial charge in [-0.05, 0) is 53.4 Å². The quantitative estimate of drug-likeness (QED) is 0.554. The van der Waals surface area contributed by atoms with Gasteiger partial charge in [-0.2, -0.15) is 0 Å². The van der Waals surface area contributed by atoms with Crippen molar-refractivity contribution >= 4 is 34.0 Å². The second-order valence-electron chi connectivity index (χ2n) is 7.33. The SMILES string of the molecule is COc1cc2ccccc2cc1C(=O)NNC(=S)N[C@@H]1CCC[C@@H](C)[C@H]1C. The van der Waals surface area contributed by atoms with Gasteiger partial charge in [-0.3, -0.25) is 15.6 Å². The maximum absolute atomic E-state index is 12.6. The van der Waals surface area contributed by atoms with Crippen LogP contribution < -0.4 is 20.9 Å². The summed E-state index contributed by atoms with van der Waals surface area (Å²) in [5.41, 5.74) is 5.97. The average Bonchev–Trinajstić information content (AvgIpc) is 2.68. The second kappa shape index (κ2) is 8.57. The third kappa shape index (κ3) is 4.50. The topological polar surface area (TPSA) is 62.4 Å². The van der Waals surface area contributed by atoms with E-state index in [-0.39, 0.29) is 5.91 Å². The molecule has 2 aromatic carbocycles. The zero-order valence-electron chi connectivity index (χ0n) is 16.0. The predicted molar refractivity (Wildman–Crippen MR) is 113 cm³/mol. The molecule has 0 saturated heterocycles. The van der Waals surface area contributed by atoms with Gasteiger partial charge in [-0.15, -0.1) is 0 Å². The molecule has 3 N–H and O–H groups in total. The van der Waals surface area contributed by atoms with Gasteiger partial charge in [0.25, 0.3) is 5.91 Å². The lowest BCUT2D eigenvalue weighted by atomic mass is 9.78. The number of carbonyl (C=O) groups excluding carboxylic acids is 1. The van der Waals surface area contributed by atoms with Crippen molar-refractivity contribution in [3.05, 3.63) is 42.0 Å². The molecule has 0 spiro atoms. The van der Waals surface area contributed by atoms with Crippen molar-refractivity contribution in [1.82, 2.24) is 16.2 Å². The van der Waals surface area contributed by atoms with Crippen LogP contribution in [0.4, 0.5) is 0 Å². The van der Waals surface area contributed by atoms with E-state index in [9.17, 15) is 4.79 Å². The van der Waals surface area contributed by atoms with Gasteiger partial charge >= 0.3 is 0 Å². The summed E-state index contributed by atoms with van der Waals surface area (Å²) >= 11 is 5.36. The van der Waals surface area contributed by atoms with Crippen LogP contribution in [-0.4, -0.2) is 24.2 Å². The van der Waals surface area contributed by atoms with Crippen molar-refractivity contribution in [3.8, 4) is 5.75 Å². The van der Waals surface area contributed by atoms with Crippen LogP contribution >= 0.6 is 12.2 Å². The second-order valence-corrected chi connectivity index (χ2v) is 7.73. The van der Waals surface area contributed by atoms with Crippen molar-refractivity contribution < 1.29 is 9.53 Å². The zero-order chi connectivity index (χ0) is 19.4. The summed E-state index contributed by atoms with van der Waals surface area (Å²) in [5.74, 6) is 1.47. The Balaban J connectivity index is 1.63. The molecule has 0 aliphatic heterocycles. The molecule has 1 aliphatic carbocycles. The van der Waals surface area contributed by atoms with Crippen LogP contribution in [0.15, 0.2) is 36.4 Å². The Kier molecular flexibility index (Phi) is 6.16. The van der Waals surface area contributed by atoms with Crippen LogP contribution in [0, 0.1) is 11.8 Å². The van der Waals surface area contributed by atoms with Gasteiger partial charge in [-0.1, -0.05) is 51.0 Å². The van der Waals surface area contributed by atoms with E-state index in [4.69, 9.17) is 17.0 Å². The van der Waals surface area contributed by atoms with Gasteiger partial charge in [0.05, 0.1) is 12.7 Å². The molecule has 3 atom stereocenters. The lowest BCUT2D eigenvalue weighted by Gasteiger charge is -2.35. The Morgan fingerprint density at radius 2 is 1.81 bits per heavy atom. The van der Waals surface area contributed by atoms with E-state index in [1.165, 1.54) is 12.8 Å². The smallest absolute Gasteiger partial charge is 0.273 e. The van der Waals surface area contributed by atoms with Crippen LogP contribution in [0.3, 0.4) is 0 Å². The summed E-state index contributed by atoms with van der Waals surface area (Å²) in [4.78, 5) is 12.6. The number of fused-ring (bicyclic) bond motifs is 1. The van der Waals surface area contributed by atoms with Crippen molar-refractivity contribution in [3.63, 3.8) is 0 Å². The summed E-state index contributed by atoms with van der Waals surface area (Å²) in [6.45, 7) is 4.53. The number of benzene rings is 2. The molecule has 1 fully saturated rings. The Hall–Kier alpha value is -2.34. The molecular formula is C21H27N3O2S. The fourth-order valence-electron chi connectivity index (χ4n) is 3.74. The molecule has 0 heterocycles. The van der Waals surface area contributed by atoms with Crippen molar-refractivity contribution in [2.75, 3.05) is 7.11 Å². The normalized spacial score (nSPS) is 22.1. The Morgan fingerprint density at radius 1 is 1.11 bits per heavy atom. The summed E-state index contributed by atoms with van der Waals surface area (Å²) < 4.78 is 5.39. The van der Waals surface area contributed by atoms with Gasteiger partial charge in [0.15, 0.2) is 5.11 Å². The number of ether oxygens (including phenoxy) is 1. The molecule has 0 unspecified atom stereocenters. The third-order valence-electron chi connectivity index (χ3n) is 5.63. The molecule has 0 radical (unpaired) electrons. The van der Waals surface area contributed by atoms with E-state index in [2.05, 4.69) is 30.0 Å². The lowest BCUT2D eigenvalue weighted by molar-refractivity contribution is 0.0940. The highest BCUT2D eigenvalue weighted by Gasteiger charge is 2.27. The fraction of sp³-hybridized carbons (Fsp3) is 0.429. The van der Waals surface area contributed by atoms with E-state index >= 15 is 0 Å². The summed E-state index contributed by atoms with van der Waals surface area (Å²) in [6, 6.07) is 11.9. The first kappa shape index (κ1) is 19.4. The van der Waals surface area contributed by atoms with E-state index < -0.39 is 0 Å². The minimum Gasteiger partial charge on any atom is -0.496 e. The van der Waals surface area contributed by atoms with E-state index in [1.807, 2.05) is 36.4 Å². The summed E-state index contributed by atoms with van der Waals surface area (Å²) in [5, 5.41) is 5.78. The van der Waals surface area contributed by atoms with Gasteiger partial charge in [0.1, 0.15) is 5.75 Å². The van der Waals surface area contributed by atoms with Gasteiger partial charge in [0, 0.05) is 6.04 Å². The molecule has 27 heavy (non-hydrogen) atoms. The maximum atomic E-state index is 12.6. The molecule has 1 saturated carbocycles. The standard InChI is InChI=1S/C21H27N3O2S/c1-13-7-6-10-18(14(13)2)22-21(27)24-23-20(25)17-11-15-8-4-5-9-16(15)12-19(17)26-3/h4-5,8-9,11-14,18H,6-7,10H2,1-3H3,(H,23,25)(H2,22,24,27)/t13-,14-,18-/m1/s1. The average molecular weight is 386 g/mol. The highest BCUT2D eigenvalue weighted by molar-refractivity contribution is 7.80. The largest absolute Gasteiger partial charge is 0.496 e. The first-order chi connectivity index (χ1) is 13.0. The number of hydrazine groups is 1. The number of rotatable bonds is 3. The molecule has 1 aliphatic rings. The lowest BCUT2D eigenvalue weighted by Crippen LogP contribution is -2.52. The van der Waals surface area contributed by atoms with Crippen molar-refractivity contribution in [2.24, 2.45) is 11.8 Å². The van der Waals surface area contributed by atoms with Crippen LogP contribution in [0.1, 0.15) is 43.5 Å². The predicted octanol–water partition coefficient (Wildman–Crippen LogP) is 3.78. The number of nitrogens with one attached hydrogen (secondary N) is 3. The molecule has 6 heteroatoms. The van der Waals surface area contributed by atoms with E-state index in [0.717, 1.165) is 17.2 Å². The Bertz CT molecular complexity index is 839. The van der Waals surface area contributed by atoms with E-state index in [0.29, 0.717) is 34.3 Å².